The van der Waals surface area contributed by atoms with E-state index >= 15 is 0 Å². The van der Waals surface area contributed by atoms with Crippen LogP contribution in [0.15, 0.2) is 75.2 Å². The number of carbonyl (C=O) groups excluding carboxylic acids is 4. The number of anilines is 1. The van der Waals surface area contributed by atoms with Gasteiger partial charge in [-0.15, -0.1) is 0 Å². The molecule has 80 heavy (non-hydrogen) atoms. The first kappa shape index (κ1) is 59.3. The van der Waals surface area contributed by atoms with Crippen molar-refractivity contribution in [1.82, 2.24) is 19.4 Å². The topological polar surface area (TPSA) is 278 Å². The lowest BCUT2D eigenvalue weighted by Crippen LogP contribution is -2.47. The Labute approximate surface area is 465 Å². The van der Waals surface area contributed by atoms with E-state index in [1.807, 2.05) is 31.2 Å². The van der Waals surface area contributed by atoms with Gasteiger partial charge in [-0.05, 0) is 70.1 Å². The van der Waals surface area contributed by atoms with Crippen molar-refractivity contribution in [2.24, 2.45) is 45.5 Å². The number of nitrogens with zero attached hydrogens (tertiary/aromatic N) is 5. The van der Waals surface area contributed by atoms with Crippen LogP contribution in [0, 0.1) is 42.4 Å². The number of ketones is 1. The van der Waals surface area contributed by atoms with E-state index < -0.39 is 88.7 Å². The number of allylic oxidation sites excluding steroid dienone is 3. The second-order valence-corrected chi connectivity index (χ2v) is 23.1. The summed E-state index contributed by atoms with van der Waals surface area (Å²) < 4.78 is 20.5. The molecule has 2 amide bonds. The highest BCUT2D eigenvalue weighted by Gasteiger charge is 2.50. The number of nitrogens with one attached hydrogen (secondary N) is 2. The van der Waals surface area contributed by atoms with Crippen LogP contribution in [0.25, 0.3) is 21.8 Å². The van der Waals surface area contributed by atoms with Crippen molar-refractivity contribution >= 4 is 51.1 Å². The van der Waals surface area contributed by atoms with Crippen molar-refractivity contribution < 1.29 is 58.9 Å². The first-order valence-corrected chi connectivity index (χ1v) is 27.9. The third-order valence-electron chi connectivity index (χ3n) is 16.9. The zero-order chi connectivity index (χ0) is 58.3. The predicted molar refractivity (Wildman–Crippen MR) is 301 cm³/mol. The number of benzene rings is 3. The van der Waals surface area contributed by atoms with Crippen LogP contribution in [0.2, 0.25) is 0 Å². The largest absolute Gasteiger partial charge is 0.507 e. The number of carbonyl (C=O) groups is 4. The van der Waals surface area contributed by atoms with E-state index in [0.717, 1.165) is 24.7 Å². The van der Waals surface area contributed by atoms with Crippen LogP contribution in [0.1, 0.15) is 116 Å². The van der Waals surface area contributed by atoms with Gasteiger partial charge in [0.25, 0.3) is 11.7 Å². The van der Waals surface area contributed by atoms with Gasteiger partial charge in [0.1, 0.15) is 34.6 Å². The lowest BCUT2D eigenvalue weighted by molar-refractivity contribution is -0.168. The Morgan fingerprint density at radius 2 is 1.55 bits per heavy atom. The summed E-state index contributed by atoms with van der Waals surface area (Å²) in [6.07, 6.45) is 6.75. The summed E-state index contributed by atoms with van der Waals surface area (Å²) >= 11 is 0. The Morgan fingerprint density at radius 3 is 2.23 bits per heavy atom. The van der Waals surface area contributed by atoms with Gasteiger partial charge < -0.3 is 59.8 Å². The molecule has 4 unspecified atom stereocenters. The third kappa shape index (κ3) is 11.2. The van der Waals surface area contributed by atoms with Crippen molar-refractivity contribution in [2.45, 2.75) is 137 Å². The number of likely N-dealkylation sites (tertiary alicyclic amines) is 2. The number of aliphatic hydroxyl groups is 3. The molecular formula is C60H79N7O13. The molecule has 20 heteroatoms. The van der Waals surface area contributed by atoms with E-state index in [1.54, 1.807) is 68.4 Å². The maximum atomic E-state index is 14.9. The molecule has 0 saturated carbocycles. The summed E-state index contributed by atoms with van der Waals surface area (Å²) in [6, 6.07) is 7.31. The highest BCUT2D eigenvalue weighted by Crippen LogP contribution is 2.50. The fourth-order valence-corrected chi connectivity index (χ4v) is 12.1. The van der Waals surface area contributed by atoms with Crippen LogP contribution in [0.4, 0.5) is 5.69 Å². The highest BCUT2D eigenvalue weighted by molar-refractivity contribution is 6.19. The normalized spacial score (nSPS) is 28.4. The Hall–Kier alpha value is -6.87. The number of aromatic hydroxyl groups is 2. The van der Waals surface area contributed by atoms with Crippen LogP contribution in [0.5, 0.6) is 17.2 Å². The summed E-state index contributed by atoms with van der Waals surface area (Å²) in [5, 5.41) is 58.1. The average Bonchev–Trinajstić information content (AvgIpc) is 4.19. The summed E-state index contributed by atoms with van der Waals surface area (Å²) in [6.45, 7) is 20.3. The molecule has 10 rings (SSSR count). The molecule has 0 radical (unpaired) electrons. The molecular weight excluding hydrogens is 1030 g/mol. The van der Waals surface area contributed by atoms with Gasteiger partial charge in [0.15, 0.2) is 11.4 Å². The number of aromatic nitrogens is 2. The van der Waals surface area contributed by atoms with Gasteiger partial charge in [-0.1, -0.05) is 71.9 Å². The fraction of sp³-hybridized carbons (Fsp3) is 0.550. The number of piperidine rings is 2. The van der Waals surface area contributed by atoms with E-state index in [0.29, 0.717) is 57.8 Å². The molecule has 2 fully saturated rings. The standard InChI is InChI=1S/C59H75N7O12.CH4O/c1-30(2)29-64-26-22-59(23-27-64)62-44-41-42-49(69)36(8)52-43(41)53(71)58(10,78-52)76-28-14-17-32(4)51(35(7)48(68)34(6)47(67)31(3)15-13-16-33(5)54(72)61-46(50(42)70)45(44)63-59)77-56(74)37(9)55(73)65-24-20-38(21-25-65)66-40-19-12-11-18-39(40)60-57(66)75;1-2/h11-16,18-19,28,30-32,34-35,37-38,47-48,51,67-70H,17,20-27,29H2,1-10H3,(H,60,75)(H,61,72);2H,1H3/b15-13+,28-14+,33-16-;/t31-,32+,34+,35+,37?,47-,48?,51?,58?;/m0./s1. The molecule has 9 atom stereocenters. The summed E-state index contributed by atoms with van der Waals surface area (Å²) in [4.78, 5) is 87.4. The number of aromatic amines is 1. The van der Waals surface area contributed by atoms with Crippen LogP contribution < -0.4 is 26.5 Å². The molecule has 7 N–H and O–H groups in total. The van der Waals surface area contributed by atoms with Crippen LogP contribution in [-0.2, 0) is 23.9 Å². The number of phenols is 2. The van der Waals surface area contributed by atoms with Gasteiger partial charge >= 0.3 is 17.4 Å². The Balaban J connectivity index is 0.00000416. The molecule has 4 aromatic rings. The molecule has 5 bridgehead atoms. The summed E-state index contributed by atoms with van der Waals surface area (Å²) in [5.41, 5.74) is 0.637. The Bertz CT molecular complexity index is 3330. The maximum Gasteiger partial charge on any atom is 0.326 e. The first-order chi connectivity index (χ1) is 38.0. The number of H-pyrrole nitrogens is 1. The molecule has 20 nitrogen and oxygen atoms in total. The van der Waals surface area contributed by atoms with Crippen molar-refractivity contribution in [2.75, 3.05) is 45.2 Å². The number of amides is 2. The number of hydrogen-bond donors (Lipinski definition) is 7. The second-order valence-electron chi connectivity index (χ2n) is 23.1. The molecule has 0 aliphatic carbocycles. The highest BCUT2D eigenvalue weighted by atomic mass is 16.7. The minimum absolute atomic E-state index is 0.0240. The number of imidazole rings is 1. The van der Waals surface area contributed by atoms with Gasteiger partial charge in [0.2, 0.25) is 5.91 Å². The number of aliphatic hydroxyl groups excluding tert-OH is 3. The molecule has 3 aromatic carbocycles. The van der Waals surface area contributed by atoms with Crippen molar-refractivity contribution in [3.63, 3.8) is 0 Å². The van der Waals surface area contributed by atoms with E-state index in [-0.39, 0.29) is 73.5 Å². The number of Topliss-reactive ketones (excluding diaryl/α,β-unsaturated/α-hetero) is 1. The average molecular weight is 1110 g/mol. The number of rotatable bonds is 6. The lowest BCUT2D eigenvalue weighted by Gasteiger charge is -2.37. The van der Waals surface area contributed by atoms with Crippen LogP contribution in [-0.4, -0.2) is 138 Å². The van der Waals surface area contributed by atoms with Crippen molar-refractivity contribution in [1.29, 1.82) is 0 Å². The zero-order valence-electron chi connectivity index (χ0n) is 47.8. The van der Waals surface area contributed by atoms with Crippen LogP contribution >= 0.6 is 0 Å². The van der Waals surface area contributed by atoms with E-state index in [9.17, 15) is 44.4 Å². The van der Waals surface area contributed by atoms with Gasteiger partial charge in [0.05, 0.1) is 45.8 Å². The quantitative estimate of drug-likeness (QED) is 0.0678. The zero-order valence-corrected chi connectivity index (χ0v) is 47.8. The lowest BCUT2D eigenvalue weighted by atomic mass is 9.79. The number of fused-ring (bicyclic) bond motifs is 14. The van der Waals surface area contributed by atoms with E-state index in [4.69, 9.17) is 29.3 Å². The number of phenolic OH excluding ortho intramolecular Hbond substituents is 2. The fourth-order valence-electron chi connectivity index (χ4n) is 12.1. The van der Waals surface area contributed by atoms with Crippen molar-refractivity contribution in [3.05, 3.63) is 92.7 Å². The van der Waals surface area contributed by atoms with Gasteiger partial charge in [-0.25, -0.2) is 4.79 Å². The summed E-state index contributed by atoms with van der Waals surface area (Å²) in [7, 11) is 1.00. The smallest absolute Gasteiger partial charge is 0.326 e. The van der Waals surface area contributed by atoms with Gasteiger partial charge in [-0.2, -0.15) is 0 Å². The molecule has 1 aromatic heterocycles. The van der Waals surface area contributed by atoms with Crippen LogP contribution in [0.3, 0.4) is 0 Å². The molecule has 432 valence electrons. The number of ether oxygens (including phenoxy) is 3. The van der Waals surface area contributed by atoms with E-state index in [2.05, 4.69) is 29.0 Å². The second kappa shape index (κ2) is 23.7. The molecule has 7 heterocycles. The minimum Gasteiger partial charge on any atom is -0.507 e. The van der Waals surface area contributed by atoms with Gasteiger partial charge in [0, 0.05) is 99.9 Å². The minimum atomic E-state index is -1.98. The third-order valence-corrected chi connectivity index (χ3v) is 16.9. The monoisotopic (exact) mass is 1110 g/mol. The first-order valence-electron chi connectivity index (χ1n) is 27.9. The molecule has 6 aliphatic rings. The number of hydrogen-bond acceptors (Lipinski definition) is 16. The number of para-hydroxylation sites is 2. The van der Waals surface area contributed by atoms with Crippen molar-refractivity contribution in [3.8, 4) is 17.2 Å². The Kier molecular flexibility index (Phi) is 17.5. The summed E-state index contributed by atoms with van der Waals surface area (Å²) in [5.74, 6) is -8.64. The molecule has 6 aliphatic heterocycles. The van der Waals surface area contributed by atoms with E-state index in [1.165, 1.54) is 20.1 Å². The molecule has 2 saturated heterocycles. The van der Waals surface area contributed by atoms with Gasteiger partial charge in [-0.3, -0.25) is 33.7 Å². The predicted octanol–water partition coefficient (Wildman–Crippen LogP) is 5.86. The number of esters is 1. The SMILES string of the molecule is C/C1=C/C=C/[C@H](C)[C@H](O)[C@@H](C)C(O)[C@@H](C)C(OC(=O)C(C)C(=O)N2CCC(n3c(=O)[nH]c4ccccc43)CC2)[C@H](C)C/C=C/OC2(C)Oc3c(C)c(O)c4c(O)c(c5c(c4c3C2=O)=NC2(CCN(CC(C)C)CC2)N=5)NC1=O.CO. The Morgan fingerprint density at radius 1 is 0.887 bits per heavy atom. The molecule has 1 spiro atoms. The maximum absolute atomic E-state index is 14.9.